The van der Waals surface area contributed by atoms with Crippen molar-refractivity contribution in [3.63, 3.8) is 0 Å². The smallest absolute Gasteiger partial charge is 0.227 e. The topological polar surface area (TPSA) is 88.5 Å². The summed E-state index contributed by atoms with van der Waals surface area (Å²) in [7, 11) is 1.62. The van der Waals surface area contributed by atoms with Crippen LogP contribution in [0.5, 0.6) is 0 Å². The molecule has 168 valence electrons. The highest BCUT2D eigenvalue weighted by Gasteiger charge is 2.30. The molecule has 2 heterocycles. The van der Waals surface area contributed by atoms with Crippen LogP contribution in [0.15, 0.2) is 30.3 Å². The van der Waals surface area contributed by atoms with E-state index in [4.69, 9.17) is 9.84 Å². The molecule has 0 spiro atoms. The third-order valence-corrected chi connectivity index (χ3v) is 5.58. The summed E-state index contributed by atoms with van der Waals surface area (Å²) in [4.78, 5) is 27.1. The summed E-state index contributed by atoms with van der Waals surface area (Å²) in [6.45, 7) is 8.13. The Bertz CT molecular complexity index is 886. The molecular weight excluding hydrogens is 394 g/mol. The Labute approximate surface area is 183 Å². The quantitative estimate of drug-likeness (QED) is 0.633. The van der Waals surface area contributed by atoms with Gasteiger partial charge in [0.05, 0.1) is 18.0 Å². The van der Waals surface area contributed by atoms with Crippen LogP contribution in [-0.2, 0) is 14.3 Å². The molecule has 0 aliphatic carbocycles. The predicted molar refractivity (Wildman–Crippen MR) is 122 cm³/mol. The number of aryl methyl sites for hydroxylation is 1. The van der Waals surface area contributed by atoms with E-state index >= 15 is 0 Å². The van der Waals surface area contributed by atoms with Crippen LogP contribution in [0, 0.1) is 18.8 Å². The molecule has 3 rings (SSSR count). The van der Waals surface area contributed by atoms with E-state index in [-0.39, 0.29) is 23.7 Å². The van der Waals surface area contributed by atoms with Crippen molar-refractivity contribution in [1.82, 2.24) is 15.1 Å². The van der Waals surface area contributed by atoms with Gasteiger partial charge in [-0.1, -0.05) is 32.0 Å². The molecule has 1 aliphatic rings. The molecular formula is C23H33N5O3. The number of aromatic nitrogens is 2. The maximum absolute atomic E-state index is 12.5. The molecule has 1 aliphatic heterocycles. The summed E-state index contributed by atoms with van der Waals surface area (Å²) in [5.41, 5.74) is 2.45. The SMILES string of the molecule is COCCNC(=O)C1CCN(c2c(NC(=O)C(C)C)c(C)nn2-c2ccccc2)CC1. The molecule has 2 N–H and O–H groups in total. The third kappa shape index (κ3) is 5.44. The number of hydrogen-bond acceptors (Lipinski definition) is 5. The van der Waals surface area contributed by atoms with Gasteiger partial charge in [-0.3, -0.25) is 9.59 Å². The molecule has 8 nitrogen and oxygen atoms in total. The van der Waals surface area contributed by atoms with Crippen LogP contribution < -0.4 is 15.5 Å². The van der Waals surface area contributed by atoms with E-state index in [1.54, 1.807) is 7.11 Å². The highest BCUT2D eigenvalue weighted by molar-refractivity contribution is 5.96. The van der Waals surface area contributed by atoms with Crippen LogP contribution in [0.3, 0.4) is 0 Å². The molecule has 1 fully saturated rings. The summed E-state index contributed by atoms with van der Waals surface area (Å²) >= 11 is 0. The monoisotopic (exact) mass is 427 g/mol. The van der Waals surface area contributed by atoms with Gasteiger partial charge >= 0.3 is 0 Å². The van der Waals surface area contributed by atoms with Gasteiger partial charge in [0.1, 0.15) is 5.69 Å². The van der Waals surface area contributed by atoms with Crippen LogP contribution >= 0.6 is 0 Å². The molecule has 1 aromatic heterocycles. The fraction of sp³-hybridized carbons (Fsp3) is 0.522. The molecule has 8 heteroatoms. The van der Waals surface area contributed by atoms with E-state index in [1.165, 1.54) is 0 Å². The van der Waals surface area contributed by atoms with E-state index in [0.29, 0.717) is 26.2 Å². The van der Waals surface area contributed by atoms with Crippen molar-refractivity contribution < 1.29 is 14.3 Å². The van der Waals surface area contributed by atoms with E-state index in [1.807, 2.05) is 55.8 Å². The maximum atomic E-state index is 12.5. The molecule has 1 aromatic carbocycles. The van der Waals surface area contributed by atoms with Crippen molar-refractivity contribution in [2.75, 3.05) is 43.6 Å². The minimum absolute atomic E-state index is 0.0176. The summed E-state index contributed by atoms with van der Waals surface area (Å²) in [5, 5.41) is 10.8. The number of methoxy groups -OCH3 is 1. The van der Waals surface area contributed by atoms with Crippen LogP contribution in [0.2, 0.25) is 0 Å². The lowest BCUT2D eigenvalue weighted by Gasteiger charge is -2.33. The first-order chi connectivity index (χ1) is 14.9. The number of carbonyl (C=O) groups is 2. The number of amides is 2. The van der Waals surface area contributed by atoms with Gasteiger partial charge in [-0.15, -0.1) is 0 Å². The van der Waals surface area contributed by atoms with Gasteiger partial charge in [-0.2, -0.15) is 5.10 Å². The molecule has 2 aromatic rings. The minimum Gasteiger partial charge on any atom is -0.383 e. The van der Waals surface area contributed by atoms with Gasteiger partial charge in [-0.05, 0) is 31.9 Å². The molecule has 0 radical (unpaired) electrons. The summed E-state index contributed by atoms with van der Waals surface area (Å²) in [6.07, 6.45) is 1.49. The average Bonchev–Trinajstić information content (AvgIpc) is 3.10. The third-order valence-electron chi connectivity index (χ3n) is 5.58. The van der Waals surface area contributed by atoms with Crippen LogP contribution in [-0.4, -0.2) is 54.9 Å². The Morgan fingerprint density at radius 2 is 1.87 bits per heavy atom. The Kier molecular flexibility index (Phi) is 7.68. The van der Waals surface area contributed by atoms with Gasteiger partial charge in [0.15, 0.2) is 5.82 Å². The lowest BCUT2D eigenvalue weighted by atomic mass is 9.96. The maximum Gasteiger partial charge on any atom is 0.227 e. The number of nitrogens with zero attached hydrogens (tertiary/aromatic N) is 3. The highest BCUT2D eigenvalue weighted by atomic mass is 16.5. The van der Waals surface area contributed by atoms with E-state index in [0.717, 1.165) is 35.7 Å². The van der Waals surface area contributed by atoms with Crippen molar-refractivity contribution >= 4 is 23.3 Å². The minimum atomic E-state index is -0.131. The summed E-state index contributed by atoms with van der Waals surface area (Å²) in [5.74, 6) is 0.767. The average molecular weight is 428 g/mol. The molecule has 0 bridgehead atoms. The molecule has 2 amide bonds. The van der Waals surface area contributed by atoms with E-state index in [9.17, 15) is 9.59 Å². The number of benzene rings is 1. The summed E-state index contributed by atoms with van der Waals surface area (Å²) < 4.78 is 6.90. The summed E-state index contributed by atoms with van der Waals surface area (Å²) in [6, 6.07) is 9.91. The Balaban J connectivity index is 1.84. The zero-order valence-corrected chi connectivity index (χ0v) is 18.9. The van der Waals surface area contributed by atoms with Crippen molar-refractivity contribution in [3.8, 4) is 5.69 Å². The Morgan fingerprint density at radius 3 is 2.48 bits per heavy atom. The van der Waals surface area contributed by atoms with Gasteiger partial charge in [0, 0.05) is 38.6 Å². The number of hydrogen-bond donors (Lipinski definition) is 2. The van der Waals surface area contributed by atoms with Gasteiger partial charge < -0.3 is 20.3 Å². The standard InChI is InChI=1S/C23H33N5O3/c1-16(2)21(29)25-20-17(3)26-28(19-8-6-5-7-9-19)23(20)27-13-10-18(11-14-27)22(30)24-12-15-31-4/h5-9,16,18H,10-15H2,1-4H3,(H,24,30)(H,25,29). The molecule has 0 unspecified atom stereocenters. The second-order valence-corrected chi connectivity index (χ2v) is 8.22. The van der Waals surface area contributed by atoms with Crippen molar-refractivity contribution in [1.29, 1.82) is 0 Å². The zero-order chi connectivity index (χ0) is 22.4. The number of nitrogens with one attached hydrogen (secondary N) is 2. The first-order valence-electron chi connectivity index (χ1n) is 10.9. The van der Waals surface area contributed by atoms with Gasteiger partial charge in [-0.25, -0.2) is 4.68 Å². The lowest BCUT2D eigenvalue weighted by molar-refractivity contribution is -0.125. The molecule has 0 saturated carbocycles. The fourth-order valence-corrected chi connectivity index (χ4v) is 3.74. The highest BCUT2D eigenvalue weighted by Crippen LogP contribution is 2.35. The predicted octanol–water partition coefficient (Wildman–Crippen LogP) is 2.75. The number of anilines is 2. The zero-order valence-electron chi connectivity index (χ0n) is 18.9. The molecule has 1 saturated heterocycles. The number of piperidine rings is 1. The Morgan fingerprint density at radius 1 is 1.19 bits per heavy atom. The van der Waals surface area contributed by atoms with Gasteiger partial charge in [0.2, 0.25) is 11.8 Å². The number of ether oxygens (including phenoxy) is 1. The normalized spacial score (nSPS) is 14.7. The molecule has 0 atom stereocenters. The van der Waals surface area contributed by atoms with Crippen molar-refractivity contribution in [2.24, 2.45) is 11.8 Å². The van der Waals surface area contributed by atoms with Crippen LogP contribution in [0.1, 0.15) is 32.4 Å². The van der Waals surface area contributed by atoms with Crippen LogP contribution in [0.25, 0.3) is 5.69 Å². The second-order valence-electron chi connectivity index (χ2n) is 8.22. The first kappa shape index (κ1) is 22.8. The van der Waals surface area contributed by atoms with Crippen molar-refractivity contribution in [2.45, 2.75) is 33.6 Å². The number of para-hydroxylation sites is 1. The Hall–Kier alpha value is -2.87. The fourth-order valence-electron chi connectivity index (χ4n) is 3.74. The van der Waals surface area contributed by atoms with Gasteiger partial charge in [0.25, 0.3) is 0 Å². The lowest BCUT2D eigenvalue weighted by Crippen LogP contribution is -2.42. The molecule has 31 heavy (non-hydrogen) atoms. The van der Waals surface area contributed by atoms with Crippen molar-refractivity contribution in [3.05, 3.63) is 36.0 Å². The largest absolute Gasteiger partial charge is 0.383 e. The second kappa shape index (κ2) is 10.4. The number of rotatable bonds is 8. The van der Waals surface area contributed by atoms with Crippen LogP contribution in [0.4, 0.5) is 11.5 Å². The number of carbonyl (C=O) groups excluding carboxylic acids is 2. The first-order valence-corrected chi connectivity index (χ1v) is 10.9. The van der Waals surface area contributed by atoms with E-state index in [2.05, 4.69) is 15.5 Å². The van der Waals surface area contributed by atoms with E-state index < -0.39 is 0 Å².